The molecule has 0 aliphatic heterocycles. The van der Waals surface area contributed by atoms with Gasteiger partial charge in [-0.3, -0.25) is 4.79 Å². The zero-order chi connectivity index (χ0) is 31.5. The molecule has 0 unspecified atom stereocenters. The molecule has 1 N–H and O–H groups in total. The number of rotatable bonds is 25. The average molecular weight is 642 g/mol. The first kappa shape index (κ1) is 41.6. The van der Waals surface area contributed by atoms with Crippen molar-refractivity contribution in [1.82, 2.24) is 10.2 Å². The molecule has 254 valence electrons. The molecule has 3 amide bonds. The van der Waals surface area contributed by atoms with Crippen molar-refractivity contribution in [3.05, 3.63) is 30.1 Å². The van der Waals surface area contributed by atoms with Crippen LogP contribution in [-0.2, 0) is 32.1 Å². The van der Waals surface area contributed by atoms with Gasteiger partial charge < -0.3 is 31.9 Å². The topological polar surface area (TPSA) is 98.0 Å². The fraction of sp³-hybridized carbons (Fsp3) is 0.765. The maximum atomic E-state index is 12.6. The lowest BCUT2D eigenvalue weighted by molar-refractivity contribution is -0.701. The first-order valence-electron chi connectivity index (χ1n) is 16.8. The first-order chi connectivity index (χ1) is 20.9. The third-order valence-electron chi connectivity index (χ3n) is 7.72. The van der Waals surface area contributed by atoms with E-state index < -0.39 is 24.2 Å². The Balaban J connectivity index is 0.0000185. The van der Waals surface area contributed by atoms with Crippen molar-refractivity contribution in [3.63, 3.8) is 0 Å². The van der Waals surface area contributed by atoms with Crippen molar-refractivity contribution in [3.8, 4) is 0 Å². The molecule has 0 fully saturated rings. The van der Waals surface area contributed by atoms with Gasteiger partial charge in [0.05, 0.1) is 0 Å². The van der Waals surface area contributed by atoms with Crippen molar-refractivity contribution >= 4 is 18.1 Å². The molecule has 1 aromatic heterocycles. The maximum absolute atomic E-state index is 12.6. The molecule has 0 spiro atoms. The van der Waals surface area contributed by atoms with Crippen molar-refractivity contribution in [2.75, 3.05) is 26.9 Å². The second kappa shape index (κ2) is 28.1. The van der Waals surface area contributed by atoms with Gasteiger partial charge in [-0.2, -0.15) is 0 Å². The van der Waals surface area contributed by atoms with Crippen LogP contribution in [0.2, 0.25) is 0 Å². The zero-order valence-electron chi connectivity index (χ0n) is 28.0. The average Bonchev–Trinajstić information content (AvgIpc) is 3.01. The van der Waals surface area contributed by atoms with Crippen LogP contribution < -0.4 is 22.3 Å². The van der Waals surface area contributed by atoms with E-state index in [-0.39, 0.29) is 32.2 Å². The van der Waals surface area contributed by atoms with E-state index in [0.717, 1.165) is 23.4 Å². The van der Waals surface area contributed by atoms with Gasteiger partial charge in [0.1, 0.15) is 32.4 Å². The van der Waals surface area contributed by atoms with Gasteiger partial charge in [0.25, 0.3) is 0 Å². The Bertz CT molecular complexity index is 888. The Labute approximate surface area is 273 Å². The van der Waals surface area contributed by atoms with Gasteiger partial charge >= 0.3 is 12.2 Å². The Morgan fingerprint density at radius 3 is 1.82 bits per heavy atom. The standard InChI is InChI=1S/C34H59N3O6.ClH/c1-5-7-8-9-10-11-12-13-14-15-16-17-18-19-20-22-25-35-33(39)42-28-32(41-4)29-43-34(40)37(30(3)38)27-31-24-21-23-26-36(31)6-2;/h21,23-24,26,32H,5-20,22,25,27-29H2,1-4H3;1H/t32-;/m1./s1. The summed E-state index contributed by atoms with van der Waals surface area (Å²) in [5.41, 5.74) is 0.810. The molecule has 0 saturated carbocycles. The lowest BCUT2D eigenvalue weighted by atomic mass is 10.0. The largest absolute Gasteiger partial charge is 1.00 e. The van der Waals surface area contributed by atoms with Crippen LogP contribution in [0.4, 0.5) is 9.59 Å². The number of unbranched alkanes of at least 4 members (excludes halogenated alkanes) is 15. The van der Waals surface area contributed by atoms with Crippen molar-refractivity contribution in [2.24, 2.45) is 0 Å². The molecule has 1 atom stereocenters. The van der Waals surface area contributed by atoms with Gasteiger partial charge in [-0.25, -0.2) is 19.1 Å². The van der Waals surface area contributed by atoms with E-state index in [4.69, 9.17) is 14.2 Å². The number of hydrogen-bond donors (Lipinski definition) is 1. The summed E-state index contributed by atoms with van der Waals surface area (Å²) in [6.07, 6.45) is 20.9. The normalized spacial score (nSPS) is 11.4. The zero-order valence-corrected chi connectivity index (χ0v) is 28.7. The van der Waals surface area contributed by atoms with E-state index in [1.807, 2.05) is 35.9 Å². The number of nitrogens with one attached hydrogen (secondary N) is 1. The number of imide groups is 1. The molecule has 0 radical (unpaired) electrons. The summed E-state index contributed by atoms with van der Waals surface area (Å²) in [6.45, 7) is 6.73. The Morgan fingerprint density at radius 2 is 1.32 bits per heavy atom. The molecule has 0 aliphatic rings. The number of carbonyl (C=O) groups is 3. The number of ether oxygens (including phenoxy) is 3. The summed E-state index contributed by atoms with van der Waals surface area (Å²) < 4.78 is 17.8. The number of amides is 3. The minimum atomic E-state index is -0.769. The van der Waals surface area contributed by atoms with Gasteiger partial charge in [-0.15, -0.1) is 0 Å². The van der Waals surface area contributed by atoms with Crippen LogP contribution >= 0.6 is 0 Å². The van der Waals surface area contributed by atoms with Crippen LogP contribution in [0.3, 0.4) is 0 Å². The molecular formula is C34H60ClN3O6. The predicted octanol–water partition coefficient (Wildman–Crippen LogP) is 4.49. The summed E-state index contributed by atoms with van der Waals surface area (Å²) >= 11 is 0. The molecule has 0 saturated heterocycles. The molecule has 44 heavy (non-hydrogen) atoms. The highest BCUT2D eigenvalue weighted by Gasteiger charge is 2.25. The number of halogens is 1. The van der Waals surface area contributed by atoms with E-state index in [1.165, 1.54) is 104 Å². The van der Waals surface area contributed by atoms with Gasteiger partial charge in [0, 0.05) is 32.7 Å². The number of carbonyl (C=O) groups excluding carboxylic acids is 3. The lowest BCUT2D eigenvalue weighted by Gasteiger charge is -2.20. The van der Waals surface area contributed by atoms with E-state index in [1.54, 1.807) is 0 Å². The Morgan fingerprint density at radius 1 is 0.795 bits per heavy atom. The molecule has 1 heterocycles. The molecular weight excluding hydrogens is 582 g/mol. The SMILES string of the molecule is CCCCCCCCCCCCCCCCCCNC(=O)OC[C@H](COC(=O)N(Cc1cccc[n+]1CC)C(C)=O)OC.[Cl-]. The van der Waals surface area contributed by atoms with Crippen LogP contribution in [0.1, 0.15) is 129 Å². The molecule has 9 nitrogen and oxygen atoms in total. The number of hydrogen-bond acceptors (Lipinski definition) is 6. The molecule has 0 aliphatic carbocycles. The molecule has 0 aromatic carbocycles. The third-order valence-corrected chi connectivity index (χ3v) is 7.72. The number of aromatic nitrogens is 1. The molecule has 1 aromatic rings. The van der Waals surface area contributed by atoms with E-state index >= 15 is 0 Å². The number of alkyl carbamates (subject to hydrolysis) is 1. The number of nitrogens with zero attached hydrogens (tertiary/aromatic N) is 2. The van der Waals surface area contributed by atoms with Crippen LogP contribution in [-0.4, -0.2) is 56.0 Å². The minimum absolute atomic E-state index is 0. The van der Waals surface area contributed by atoms with Crippen LogP contribution in [0, 0.1) is 0 Å². The van der Waals surface area contributed by atoms with Crippen molar-refractivity contribution < 1.29 is 45.6 Å². The Kier molecular flexibility index (Phi) is 26.6. The molecule has 0 bridgehead atoms. The van der Waals surface area contributed by atoms with E-state index in [9.17, 15) is 14.4 Å². The van der Waals surface area contributed by atoms with Crippen LogP contribution in [0.25, 0.3) is 0 Å². The fourth-order valence-corrected chi connectivity index (χ4v) is 4.94. The second-order valence-electron chi connectivity index (χ2n) is 11.3. The van der Waals surface area contributed by atoms with E-state index in [2.05, 4.69) is 12.2 Å². The van der Waals surface area contributed by atoms with Crippen LogP contribution in [0.5, 0.6) is 0 Å². The van der Waals surface area contributed by atoms with Gasteiger partial charge in [0.2, 0.25) is 11.6 Å². The smallest absolute Gasteiger partial charge is 0.417 e. The second-order valence-corrected chi connectivity index (χ2v) is 11.3. The number of pyridine rings is 1. The monoisotopic (exact) mass is 641 g/mol. The minimum Gasteiger partial charge on any atom is -1.00 e. The first-order valence-corrected chi connectivity index (χ1v) is 16.8. The summed E-state index contributed by atoms with van der Waals surface area (Å²) in [4.78, 5) is 37.9. The quantitative estimate of drug-likeness (QED) is 0.125. The van der Waals surface area contributed by atoms with Gasteiger partial charge in [-0.1, -0.05) is 109 Å². The van der Waals surface area contributed by atoms with Gasteiger partial charge in [-0.05, 0) is 13.3 Å². The summed E-state index contributed by atoms with van der Waals surface area (Å²) in [5.74, 6) is -0.421. The van der Waals surface area contributed by atoms with E-state index in [0.29, 0.717) is 13.1 Å². The lowest BCUT2D eigenvalue weighted by Crippen LogP contribution is -3.00. The molecule has 1 rings (SSSR count). The van der Waals surface area contributed by atoms with Crippen LogP contribution in [0.15, 0.2) is 24.4 Å². The summed E-state index contributed by atoms with van der Waals surface area (Å²) in [6, 6.07) is 5.61. The van der Waals surface area contributed by atoms with Gasteiger partial charge in [0.15, 0.2) is 6.20 Å². The Hall–Kier alpha value is -2.39. The fourth-order valence-electron chi connectivity index (χ4n) is 4.94. The predicted molar refractivity (Wildman–Crippen MR) is 170 cm³/mol. The third kappa shape index (κ3) is 20.5. The number of aryl methyl sites for hydroxylation is 1. The highest BCUT2D eigenvalue weighted by atomic mass is 35.5. The van der Waals surface area contributed by atoms with Crippen molar-refractivity contribution in [2.45, 2.75) is 143 Å². The highest BCUT2D eigenvalue weighted by molar-refractivity contribution is 5.90. The highest BCUT2D eigenvalue weighted by Crippen LogP contribution is 2.13. The molecule has 10 heteroatoms. The summed E-state index contributed by atoms with van der Waals surface area (Å²) in [5, 5.41) is 2.77. The number of methoxy groups -OCH3 is 1. The maximum Gasteiger partial charge on any atom is 0.417 e. The van der Waals surface area contributed by atoms with Crippen molar-refractivity contribution in [1.29, 1.82) is 0 Å². The summed E-state index contributed by atoms with van der Waals surface area (Å²) in [7, 11) is 1.45.